The number of halogens is 1. The van der Waals surface area contributed by atoms with E-state index in [2.05, 4.69) is 15.9 Å². The van der Waals surface area contributed by atoms with Gasteiger partial charge < -0.3 is 4.90 Å². The van der Waals surface area contributed by atoms with Crippen LogP contribution in [-0.4, -0.2) is 29.4 Å². The maximum Gasteiger partial charge on any atom is 0.223 e. The van der Waals surface area contributed by atoms with Crippen LogP contribution in [0.25, 0.3) is 0 Å². The van der Waals surface area contributed by atoms with Crippen molar-refractivity contribution in [1.82, 2.24) is 4.90 Å². The van der Waals surface area contributed by atoms with Crippen molar-refractivity contribution in [2.45, 2.75) is 39.2 Å². The Balaban J connectivity index is 1.70. The van der Waals surface area contributed by atoms with E-state index in [-0.39, 0.29) is 43.2 Å². The lowest BCUT2D eigenvalue weighted by atomic mass is 10.1. The van der Waals surface area contributed by atoms with Crippen molar-refractivity contribution < 1.29 is 14.4 Å². The minimum Gasteiger partial charge on any atom is -0.341 e. The van der Waals surface area contributed by atoms with E-state index in [4.69, 9.17) is 0 Å². The van der Waals surface area contributed by atoms with E-state index < -0.39 is 0 Å². The summed E-state index contributed by atoms with van der Waals surface area (Å²) >= 11 is 6.43. The molecule has 2 rings (SSSR count). The third-order valence-electron chi connectivity index (χ3n) is 3.70. The summed E-state index contributed by atoms with van der Waals surface area (Å²) in [6.45, 7) is 2.49. The molecule has 1 amide bonds. The number of rotatable bonds is 9. The highest BCUT2D eigenvalue weighted by molar-refractivity contribution is 9.10. The van der Waals surface area contributed by atoms with E-state index in [1.165, 1.54) is 11.3 Å². The molecule has 4 nitrogen and oxygen atoms in total. The Morgan fingerprint density at radius 2 is 1.84 bits per heavy atom. The van der Waals surface area contributed by atoms with E-state index in [1.807, 2.05) is 24.4 Å². The van der Waals surface area contributed by atoms with E-state index >= 15 is 0 Å². The predicted octanol–water partition coefficient (Wildman–Crippen LogP) is 4.85. The molecular weight excluding hydrogens is 422 g/mol. The summed E-state index contributed by atoms with van der Waals surface area (Å²) in [7, 11) is 1.74. The van der Waals surface area contributed by atoms with Crippen LogP contribution in [0.1, 0.15) is 45.1 Å². The largest absolute Gasteiger partial charge is 0.341 e. The first kappa shape index (κ1) is 20.0. The Bertz CT molecular complexity index is 766. The third-order valence-corrected chi connectivity index (χ3v) is 6.43. The monoisotopic (exact) mass is 441 g/mol. The topological polar surface area (TPSA) is 54.5 Å². The second-order valence-corrected chi connectivity index (χ2v) is 9.05. The van der Waals surface area contributed by atoms with Gasteiger partial charge in [0.2, 0.25) is 5.91 Å². The fourth-order valence-corrected chi connectivity index (χ4v) is 4.62. The van der Waals surface area contributed by atoms with Gasteiger partial charge in [0.05, 0.1) is 11.4 Å². The van der Waals surface area contributed by atoms with E-state index in [0.717, 1.165) is 14.2 Å². The lowest BCUT2D eigenvalue weighted by molar-refractivity contribution is -0.132. The summed E-state index contributed by atoms with van der Waals surface area (Å²) in [6.07, 6.45) is 0.791. The van der Waals surface area contributed by atoms with Gasteiger partial charge in [0.15, 0.2) is 5.78 Å². The molecule has 134 valence electrons. The van der Waals surface area contributed by atoms with Crippen molar-refractivity contribution in [1.29, 1.82) is 0 Å². The Morgan fingerprint density at radius 3 is 2.44 bits per heavy atom. The molecule has 0 aliphatic rings. The van der Waals surface area contributed by atoms with Crippen molar-refractivity contribution >= 4 is 56.1 Å². The summed E-state index contributed by atoms with van der Waals surface area (Å²) in [4.78, 5) is 40.6. The molecule has 0 N–H and O–H groups in total. The first-order chi connectivity index (χ1) is 11.8. The number of carbonyl (C=O) groups is 3. The number of ketones is 2. The maximum absolute atomic E-state index is 12.1. The molecule has 0 radical (unpaired) electrons. The highest BCUT2D eigenvalue weighted by Gasteiger charge is 2.15. The molecule has 0 aliphatic heterocycles. The van der Waals surface area contributed by atoms with Gasteiger partial charge >= 0.3 is 0 Å². The molecule has 2 aromatic rings. The highest BCUT2D eigenvalue weighted by Crippen LogP contribution is 2.21. The van der Waals surface area contributed by atoms with Gasteiger partial charge in [-0.15, -0.1) is 22.7 Å². The molecule has 0 unspecified atom stereocenters. The SMILES string of the molecule is Cc1ccc(C(=O)CCC(=O)CCC(=O)N(C)Cc2cc(Br)cs2)s1. The van der Waals surface area contributed by atoms with Crippen molar-refractivity contribution in [2.75, 3.05) is 7.05 Å². The summed E-state index contributed by atoms with van der Waals surface area (Å²) in [5, 5.41) is 1.98. The average molecular weight is 442 g/mol. The molecule has 25 heavy (non-hydrogen) atoms. The number of amides is 1. The predicted molar refractivity (Wildman–Crippen MR) is 105 cm³/mol. The number of aryl methyl sites for hydroxylation is 1. The van der Waals surface area contributed by atoms with Gasteiger partial charge in [0.1, 0.15) is 5.78 Å². The number of hydrogen-bond donors (Lipinski definition) is 0. The van der Waals surface area contributed by atoms with Gasteiger partial charge in [-0.3, -0.25) is 14.4 Å². The van der Waals surface area contributed by atoms with Crippen LogP contribution in [0.5, 0.6) is 0 Å². The van der Waals surface area contributed by atoms with Crippen molar-refractivity contribution in [3.63, 3.8) is 0 Å². The third kappa shape index (κ3) is 6.49. The number of thiophene rings is 2. The standard InChI is InChI=1S/C18H20BrNO3S2/c1-12-3-7-17(25-12)16(22)6-4-14(21)5-8-18(23)20(2)10-15-9-13(19)11-24-15/h3,7,9,11H,4-6,8,10H2,1-2H3. The minimum absolute atomic E-state index is 0.00170. The first-order valence-corrected chi connectivity index (χ1v) is 10.4. The van der Waals surface area contributed by atoms with Crippen LogP contribution in [0.4, 0.5) is 0 Å². The van der Waals surface area contributed by atoms with Gasteiger partial charge in [0.25, 0.3) is 0 Å². The molecule has 0 fully saturated rings. The summed E-state index contributed by atoms with van der Waals surface area (Å²) in [5.74, 6) is -0.0986. The molecular formula is C18H20BrNO3S2. The maximum atomic E-state index is 12.1. The molecule has 2 aromatic heterocycles. The van der Waals surface area contributed by atoms with Crippen molar-refractivity contribution in [3.8, 4) is 0 Å². The van der Waals surface area contributed by atoms with Crippen LogP contribution >= 0.6 is 38.6 Å². The fourth-order valence-electron chi connectivity index (χ4n) is 2.28. The second-order valence-electron chi connectivity index (χ2n) is 5.85. The number of hydrogen-bond acceptors (Lipinski definition) is 5. The zero-order valence-electron chi connectivity index (χ0n) is 14.2. The smallest absolute Gasteiger partial charge is 0.223 e. The molecule has 7 heteroatoms. The van der Waals surface area contributed by atoms with Crippen LogP contribution in [-0.2, 0) is 16.1 Å². The molecule has 0 aromatic carbocycles. The van der Waals surface area contributed by atoms with Crippen LogP contribution in [0, 0.1) is 6.92 Å². The average Bonchev–Trinajstić information content (AvgIpc) is 3.18. The van der Waals surface area contributed by atoms with E-state index in [1.54, 1.807) is 29.4 Å². The fraction of sp³-hybridized carbons (Fsp3) is 0.389. The molecule has 0 bridgehead atoms. The Morgan fingerprint density at radius 1 is 1.12 bits per heavy atom. The Hall–Kier alpha value is -1.31. The molecule has 0 aliphatic carbocycles. The van der Waals surface area contributed by atoms with Crippen LogP contribution in [0.3, 0.4) is 0 Å². The van der Waals surface area contributed by atoms with Crippen molar-refractivity contribution in [2.24, 2.45) is 0 Å². The van der Waals surface area contributed by atoms with E-state index in [0.29, 0.717) is 11.4 Å². The minimum atomic E-state index is -0.0573. The van der Waals surface area contributed by atoms with Gasteiger partial charge in [-0.1, -0.05) is 0 Å². The molecule has 0 saturated carbocycles. The number of carbonyl (C=O) groups excluding carboxylic acids is 3. The molecule has 0 saturated heterocycles. The van der Waals surface area contributed by atoms with Crippen molar-refractivity contribution in [3.05, 3.63) is 42.7 Å². The second kappa shape index (κ2) is 9.40. The molecule has 2 heterocycles. The number of nitrogens with zero attached hydrogens (tertiary/aromatic N) is 1. The van der Waals surface area contributed by atoms with Gasteiger partial charge in [0, 0.05) is 52.3 Å². The summed E-state index contributed by atoms with van der Waals surface area (Å²) < 4.78 is 1.01. The molecule has 0 spiro atoms. The lowest BCUT2D eigenvalue weighted by Crippen LogP contribution is -2.26. The van der Waals surface area contributed by atoms with Crippen LogP contribution < -0.4 is 0 Å². The highest BCUT2D eigenvalue weighted by atomic mass is 79.9. The first-order valence-electron chi connectivity index (χ1n) is 7.93. The Kier molecular flexibility index (Phi) is 7.53. The lowest BCUT2D eigenvalue weighted by Gasteiger charge is -2.15. The van der Waals surface area contributed by atoms with Gasteiger partial charge in [-0.05, 0) is 41.1 Å². The molecule has 0 atom stereocenters. The van der Waals surface area contributed by atoms with E-state index in [9.17, 15) is 14.4 Å². The Labute approximate surface area is 164 Å². The quantitative estimate of drug-likeness (QED) is 0.522. The van der Waals surface area contributed by atoms with Gasteiger partial charge in [-0.2, -0.15) is 0 Å². The zero-order chi connectivity index (χ0) is 18.4. The van der Waals surface area contributed by atoms with Gasteiger partial charge in [-0.25, -0.2) is 0 Å². The van der Waals surface area contributed by atoms with Crippen LogP contribution in [0.2, 0.25) is 0 Å². The summed E-state index contributed by atoms with van der Waals surface area (Å²) in [6, 6.07) is 5.69. The number of Topliss-reactive ketones (excluding diaryl/α,β-unsaturated/α-hetero) is 2. The van der Waals surface area contributed by atoms with Crippen LogP contribution in [0.15, 0.2) is 28.1 Å². The zero-order valence-corrected chi connectivity index (χ0v) is 17.4. The summed E-state index contributed by atoms with van der Waals surface area (Å²) in [5.41, 5.74) is 0. The normalized spacial score (nSPS) is 10.7.